The molecule has 144 valence electrons. The van der Waals surface area contributed by atoms with Gasteiger partial charge < -0.3 is 4.90 Å². The van der Waals surface area contributed by atoms with Crippen LogP contribution in [0.2, 0.25) is 0 Å². The molecule has 0 unspecified atom stereocenters. The molecule has 0 N–H and O–H groups in total. The van der Waals surface area contributed by atoms with E-state index in [1.807, 2.05) is 23.1 Å². The Labute approximate surface area is 164 Å². The third-order valence-corrected chi connectivity index (χ3v) is 5.43. The van der Waals surface area contributed by atoms with E-state index in [2.05, 4.69) is 41.2 Å². The van der Waals surface area contributed by atoms with Crippen molar-refractivity contribution in [3.05, 3.63) is 76.1 Å². The molecule has 0 radical (unpaired) electrons. The molecule has 1 fully saturated rings. The number of hydrogen-bond acceptors (Lipinski definition) is 4. The van der Waals surface area contributed by atoms with Crippen LogP contribution in [-0.2, 0) is 17.9 Å². The highest BCUT2D eigenvalue weighted by Crippen LogP contribution is 2.13. The fourth-order valence-electron chi connectivity index (χ4n) is 3.70. The molecule has 1 aromatic heterocycles. The van der Waals surface area contributed by atoms with Crippen molar-refractivity contribution >= 4 is 16.8 Å². The molecule has 4 rings (SSSR count). The molecular formula is C22H24N4O2. The molecule has 1 amide bonds. The summed E-state index contributed by atoms with van der Waals surface area (Å²) in [5.41, 5.74) is 3.22. The highest BCUT2D eigenvalue weighted by molar-refractivity contribution is 5.81. The van der Waals surface area contributed by atoms with E-state index in [1.54, 1.807) is 10.7 Å². The first-order valence-electron chi connectivity index (χ1n) is 9.61. The normalized spacial score (nSPS) is 15.1. The first kappa shape index (κ1) is 18.4. The maximum Gasteiger partial charge on any atom is 0.244 e. The van der Waals surface area contributed by atoms with Gasteiger partial charge in [-0.3, -0.25) is 19.2 Å². The second kappa shape index (κ2) is 7.94. The van der Waals surface area contributed by atoms with E-state index in [1.165, 1.54) is 17.3 Å². The van der Waals surface area contributed by atoms with Crippen molar-refractivity contribution in [1.29, 1.82) is 0 Å². The predicted octanol–water partition coefficient (Wildman–Crippen LogP) is 2.05. The van der Waals surface area contributed by atoms with E-state index in [0.29, 0.717) is 24.0 Å². The van der Waals surface area contributed by atoms with Crippen molar-refractivity contribution < 1.29 is 4.79 Å². The number of nitrogens with zero attached hydrogens (tertiary/aromatic N) is 4. The topological polar surface area (TPSA) is 58.4 Å². The molecule has 28 heavy (non-hydrogen) atoms. The Kier molecular flexibility index (Phi) is 5.21. The molecule has 1 aliphatic rings. The van der Waals surface area contributed by atoms with E-state index < -0.39 is 0 Å². The van der Waals surface area contributed by atoms with Gasteiger partial charge in [0.15, 0.2) is 0 Å². The number of aromatic nitrogens is 2. The van der Waals surface area contributed by atoms with E-state index >= 15 is 0 Å². The standard InChI is InChI=1S/C22H24N4O2/c1-17-6-2-3-7-18(17)15-24-10-12-25(13-11-24)22(28)16-26-20-9-5-4-8-19(20)21(27)14-23-26/h2-9,14H,10-13,15-16H2,1H3. The quantitative estimate of drug-likeness (QED) is 0.699. The summed E-state index contributed by atoms with van der Waals surface area (Å²) in [6, 6.07) is 15.7. The minimum absolute atomic E-state index is 0.0387. The Hall–Kier alpha value is -2.99. The predicted molar refractivity (Wildman–Crippen MR) is 109 cm³/mol. The second-order valence-electron chi connectivity index (χ2n) is 7.27. The van der Waals surface area contributed by atoms with Crippen molar-refractivity contribution in [3.63, 3.8) is 0 Å². The zero-order chi connectivity index (χ0) is 19.5. The second-order valence-corrected chi connectivity index (χ2v) is 7.27. The van der Waals surface area contributed by atoms with Crippen molar-refractivity contribution in [2.45, 2.75) is 20.0 Å². The fraction of sp³-hybridized carbons (Fsp3) is 0.318. The number of para-hydroxylation sites is 1. The lowest BCUT2D eigenvalue weighted by atomic mass is 10.1. The molecule has 6 nitrogen and oxygen atoms in total. The van der Waals surface area contributed by atoms with Gasteiger partial charge in [-0.2, -0.15) is 5.10 Å². The molecule has 1 aliphatic heterocycles. The molecule has 0 bridgehead atoms. The summed E-state index contributed by atoms with van der Waals surface area (Å²) >= 11 is 0. The molecule has 1 saturated heterocycles. The smallest absolute Gasteiger partial charge is 0.244 e. The Balaban J connectivity index is 1.39. The number of hydrogen-bond donors (Lipinski definition) is 0. The Morgan fingerprint density at radius 2 is 1.71 bits per heavy atom. The Morgan fingerprint density at radius 3 is 2.50 bits per heavy atom. The monoisotopic (exact) mass is 376 g/mol. The van der Waals surface area contributed by atoms with Gasteiger partial charge >= 0.3 is 0 Å². The lowest BCUT2D eigenvalue weighted by molar-refractivity contribution is -0.133. The zero-order valence-electron chi connectivity index (χ0n) is 16.0. The number of aryl methyl sites for hydroxylation is 1. The highest BCUT2D eigenvalue weighted by atomic mass is 16.2. The number of fused-ring (bicyclic) bond motifs is 1. The van der Waals surface area contributed by atoms with Crippen molar-refractivity contribution in [2.24, 2.45) is 0 Å². The third-order valence-electron chi connectivity index (χ3n) is 5.43. The minimum Gasteiger partial charge on any atom is -0.339 e. The van der Waals surface area contributed by atoms with Gasteiger partial charge in [0.25, 0.3) is 0 Å². The summed E-state index contributed by atoms with van der Waals surface area (Å²) in [6.45, 7) is 6.35. The highest BCUT2D eigenvalue weighted by Gasteiger charge is 2.22. The summed E-state index contributed by atoms with van der Waals surface area (Å²) < 4.78 is 1.62. The summed E-state index contributed by atoms with van der Waals surface area (Å²) in [5, 5.41) is 4.76. The van der Waals surface area contributed by atoms with Crippen LogP contribution in [0.1, 0.15) is 11.1 Å². The van der Waals surface area contributed by atoms with Crippen LogP contribution in [0.3, 0.4) is 0 Å². The summed E-state index contributed by atoms with van der Waals surface area (Å²) in [4.78, 5) is 29.0. The maximum absolute atomic E-state index is 12.8. The zero-order valence-corrected chi connectivity index (χ0v) is 16.0. The van der Waals surface area contributed by atoms with E-state index in [4.69, 9.17) is 0 Å². The molecule has 0 saturated carbocycles. The van der Waals surface area contributed by atoms with Crippen molar-refractivity contribution in [3.8, 4) is 0 Å². The van der Waals surface area contributed by atoms with Gasteiger partial charge in [0.05, 0.1) is 11.7 Å². The molecule has 0 atom stereocenters. The number of carbonyl (C=O) groups excluding carboxylic acids is 1. The van der Waals surface area contributed by atoms with Crippen LogP contribution < -0.4 is 5.43 Å². The molecule has 0 spiro atoms. The lowest BCUT2D eigenvalue weighted by Gasteiger charge is -2.35. The molecule has 6 heteroatoms. The SMILES string of the molecule is Cc1ccccc1CN1CCN(C(=O)Cn2ncc(=O)c3ccccc32)CC1. The van der Waals surface area contributed by atoms with Crippen molar-refractivity contribution in [2.75, 3.05) is 26.2 Å². The minimum atomic E-state index is -0.121. The van der Waals surface area contributed by atoms with E-state index in [9.17, 15) is 9.59 Å². The summed E-state index contributed by atoms with van der Waals surface area (Å²) in [7, 11) is 0. The molecule has 2 aromatic carbocycles. The van der Waals surface area contributed by atoms with Gasteiger partial charge in [0.2, 0.25) is 11.3 Å². The number of piperazine rings is 1. The molecular weight excluding hydrogens is 352 g/mol. The van der Waals surface area contributed by atoms with Gasteiger partial charge in [0, 0.05) is 38.1 Å². The largest absolute Gasteiger partial charge is 0.339 e. The Morgan fingerprint density at radius 1 is 1.00 bits per heavy atom. The van der Waals surface area contributed by atoms with Crippen LogP contribution in [0.4, 0.5) is 0 Å². The first-order valence-corrected chi connectivity index (χ1v) is 9.61. The van der Waals surface area contributed by atoms with Gasteiger partial charge in [-0.25, -0.2) is 0 Å². The summed E-state index contributed by atoms with van der Waals surface area (Å²) in [6.07, 6.45) is 1.29. The Bertz CT molecular complexity index is 1050. The van der Waals surface area contributed by atoms with E-state index in [-0.39, 0.29) is 17.9 Å². The number of rotatable bonds is 4. The van der Waals surface area contributed by atoms with Crippen LogP contribution in [0.5, 0.6) is 0 Å². The average molecular weight is 376 g/mol. The number of benzene rings is 2. The van der Waals surface area contributed by atoms with Gasteiger partial charge in [0.1, 0.15) is 6.54 Å². The molecule has 2 heterocycles. The number of carbonyl (C=O) groups is 1. The van der Waals surface area contributed by atoms with Gasteiger partial charge in [-0.15, -0.1) is 0 Å². The van der Waals surface area contributed by atoms with Crippen LogP contribution in [0.25, 0.3) is 10.9 Å². The van der Waals surface area contributed by atoms with Crippen LogP contribution in [-0.4, -0.2) is 51.7 Å². The first-order chi connectivity index (χ1) is 13.6. The lowest BCUT2D eigenvalue weighted by Crippen LogP contribution is -2.49. The average Bonchev–Trinajstić information content (AvgIpc) is 2.72. The van der Waals surface area contributed by atoms with Crippen LogP contribution in [0, 0.1) is 6.92 Å². The molecule has 3 aromatic rings. The third kappa shape index (κ3) is 3.82. The van der Waals surface area contributed by atoms with Gasteiger partial charge in [-0.1, -0.05) is 36.4 Å². The van der Waals surface area contributed by atoms with E-state index in [0.717, 1.165) is 19.6 Å². The van der Waals surface area contributed by atoms with Crippen LogP contribution in [0.15, 0.2) is 59.5 Å². The summed E-state index contributed by atoms with van der Waals surface area (Å²) in [5.74, 6) is 0.0387. The fourth-order valence-corrected chi connectivity index (χ4v) is 3.70. The van der Waals surface area contributed by atoms with Crippen LogP contribution >= 0.6 is 0 Å². The van der Waals surface area contributed by atoms with Gasteiger partial charge in [-0.05, 0) is 30.2 Å². The number of amides is 1. The maximum atomic E-state index is 12.8. The van der Waals surface area contributed by atoms with Crippen molar-refractivity contribution in [1.82, 2.24) is 19.6 Å². The molecule has 0 aliphatic carbocycles.